The number of rotatable bonds is 3. The van der Waals surface area contributed by atoms with E-state index < -0.39 is 11.7 Å². The third-order valence-corrected chi connectivity index (χ3v) is 2.26. The predicted octanol–water partition coefficient (Wildman–Crippen LogP) is 0.0525. The highest BCUT2D eigenvalue weighted by molar-refractivity contribution is 5.84. The van der Waals surface area contributed by atoms with Gasteiger partial charge in [0.1, 0.15) is 5.60 Å². The second-order valence-electron chi connectivity index (χ2n) is 3.74. The van der Waals surface area contributed by atoms with Crippen LogP contribution in [0.4, 0.5) is 0 Å². The van der Waals surface area contributed by atoms with Crippen molar-refractivity contribution in [2.45, 2.75) is 38.4 Å². The monoisotopic (exact) mass is 187 g/mol. The van der Waals surface area contributed by atoms with Crippen LogP contribution in [-0.4, -0.2) is 35.9 Å². The number of hydrogen-bond acceptors (Lipinski definition) is 3. The van der Waals surface area contributed by atoms with Gasteiger partial charge in [-0.2, -0.15) is 0 Å². The molecule has 1 rings (SSSR count). The number of aliphatic hydroxyl groups excluding tert-OH is 1. The molecule has 2 atom stereocenters. The lowest BCUT2D eigenvalue weighted by Gasteiger charge is -2.22. The zero-order valence-corrected chi connectivity index (χ0v) is 8.17. The smallest absolute Gasteiger partial charge is 0.252 e. The summed E-state index contributed by atoms with van der Waals surface area (Å²) in [5, 5.41) is 11.6. The van der Waals surface area contributed by atoms with E-state index in [1.807, 2.05) is 0 Å². The van der Waals surface area contributed by atoms with Gasteiger partial charge in [-0.1, -0.05) is 0 Å². The van der Waals surface area contributed by atoms with Crippen molar-refractivity contribution in [2.24, 2.45) is 0 Å². The lowest BCUT2D eigenvalue weighted by molar-refractivity contribution is -0.139. The van der Waals surface area contributed by atoms with E-state index in [1.54, 1.807) is 13.8 Å². The number of ether oxygens (including phenoxy) is 1. The van der Waals surface area contributed by atoms with Gasteiger partial charge in [-0.15, -0.1) is 0 Å². The molecular formula is C9H17NO3. The summed E-state index contributed by atoms with van der Waals surface area (Å²) < 4.78 is 5.34. The van der Waals surface area contributed by atoms with Gasteiger partial charge in [0.25, 0.3) is 5.91 Å². The van der Waals surface area contributed by atoms with Crippen LogP contribution in [0.3, 0.4) is 0 Å². The predicted molar refractivity (Wildman–Crippen MR) is 48.3 cm³/mol. The van der Waals surface area contributed by atoms with Gasteiger partial charge in [0.15, 0.2) is 0 Å². The number of carbonyl (C=O) groups is 1. The third kappa shape index (κ3) is 2.67. The topological polar surface area (TPSA) is 58.6 Å². The molecule has 0 spiro atoms. The zero-order chi connectivity index (χ0) is 9.90. The minimum Gasteiger partial charge on any atom is -0.392 e. The van der Waals surface area contributed by atoms with Crippen LogP contribution >= 0.6 is 0 Å². The Morgan fingerprint density at radius 2 is 2.46 bits per heavy atom. The summed E-state index contributed by atoms with van der Waals surface area (Å²) in [6, 6.07) is 0. The summed E-state index contributed by atoms with van der Waals surface area (Å²) in [5.41, 5.74) is -0.672. The second kappa shape index (κ2) is 4.07. The first-order valence-corrected chi connectivity index (χ1v) is 4.65. The molecule has 0 aromatic rings. The molecule has 1 amide bonds. The van der Waals surface area contributed by atoms with Crippen molar-refractivity contribution >= 4 is 5.91 Å². The molecule has 1 saturated heterocycles. The third-order valence-electron chi connectivity index (χ3n) is 2.26. The largest absolute Gasteiger partial charge is 0.392 e. The number of carbonyl (C=O) groups excluding carboxylic acids is 1. The highest BCUT2D eigenvalue weighted by Gasteiger charge is 2.37. The highest BCUT2D eigenvalue weighted by Crippen LogP contribution is 2.24. The summed E-state index contributed by atoms with van der Waals surface area (Å²) in [7, 11) is 0. The van der Waals surface area contributed by atoms with Crippen LogP contribution in [0.5, 0.6) is 0 Å². The first-order chi connectivity index (χ1) is 6.04. The Bertz CT molecular complexity index is 185. The van der Waals surface area contributed by atoms with Crippen LogP contribution in [0.2, 0.25) is 0 Å². The van der Waals surface area contributed by atoms with E-state index in [0.29, 0.717) is 6.61 Å². The molecular weight excluding hydrogens is 170 g/mol. The number of nitrogens with one attached hydrogen (secondary N) is 1. The van der Waals surface area contributed by atoms with E-state index in [0.717, 1.165) is 12.8 Å². The molecule has 4 nitrogen and oxygen atoms in total. The fourth-order valence-electron chi connectivity index (χ4n) is 1.39. The molecule has 1 fully saturated rings. The lowest BCUT2D eigenvalue weighted by atomic mass is 10.0. The van der Waals surface area contributed by atoms with Gasteiger partial charge in [0.05, 0.1) is 6.10 Å². The van der Waals surface area contributed by atoms with E-state index in [9.17, 15) is 4.79 Å². The molecule has 1 aliphatic rings. The van der Waals surface area contributed by atoms with E-state index in [2.05, 4.69) is 5.32 Å². The summed E-state index contributed by atoms with van der Waals surface area (Å²) in [5.74, 6) is -0.120. The average Bonchev–Trinajstić information content (AvgIpc) is 2.49. The second-order valence-corrected chi connectivity index (χ2v) is 3.74. The zero-order valence-electron chi connectivity index (χ0n) is 8.17. The lowest BCUT2D eigenvalue weighted by Crippen LogP contribution is -2.45. The quantitative estimate of drug-likeness (QED) is 0.656. The molecule has 0 aromatic heterocycles. The fraction of sp³-hybridized carbons (Fsp3) is 0.889. The summed E-state index contributed by atoms with van der Waals surface area (Å²) in [6.07, 6.45) is 1.19. The molecule has 0 aliphatic carbocycles. The van der Waals surface area contributed by atoms with E-state index in [1.165, 1.54) is 0 Å². The molecule has 4 heteroatoms. The molecule has 0 aromatic carbocycles. The van der Waals surface area contributed by atoms with Crippen LogP contribution < -0.4 is 5.32 Å². The van der Waals surface area contributed by atoms with Crippen molar-refractivity contribution in [3.05, 3.63) is 0 Å². The van der Waals surface area contributed by atoms with Crippen molar-refractivity contribution < 1.29 is 14.6 Å². The SMILES string of the molecule is C[C@@H](O)CNC(=O)C1(C)CCCO1. The minimum atomic E-state index is -0.672. The van der Waals surface area contributed by atoms with Gasteiger partial charge in [-0.25, -0.2) is 0 Å². The van der Waals surface area contributed by atoms with Crippen LogP contribution in [0, 0.1) is 0 Å². The first kappa shape index (κ1) is 10.5. The van der Waals surface area contributed by atoms with Crippen LogP contribution in [0.15, 0.2) is 0 Å². The highest BCUT2D eigenvalue weighted by atomic mass is 16.5. The first-order valence-electron chi connectivity index (χ1n) is 4.65. The molecule has 0 radical (unpaired) electrons. The van der Waals surface area contributed by atoms with E-state index in [4.69, 9.17) is 9.84 Å². The van der Waals surface area contributed by atoms with Crippen molar-refractivity contribution in [1.82, 2.24) is 5.32 Å². The summed E-state index contributed by atoms with van der Waals surface area (Å²) in [6.45, 7) is 4.37. The van der Waals surface area contributed by atoms with Gasteiger partial charge >= 0.3 is 0 Å². The molecule has 13 heavy (non-hydrogen) atoms. The molecule has 0 bridgehead atoms. The normalized spacial score (nSPS) is 30.1. The molecule has 2 N–H and O–H groups in total. The summed E-state index contributed by atoms with van der Waals surface area (Å²) in [4.78, 5) is 11.5. The Kier molecular flexibility index (Phi) is 3.27. The number of amides is 1. The van der Waals surface area contributed by atoms with Gasteiger partial charge in [-0.3, -0.25) is 4.79 Å². The minimum absolute atomic E-state index is 0.120. The van der Waals surface area contributed by atoms with E-state index >= 15 is 0 Å². The maximum Gasteiger partial charge on any atom is 0.252 e. The van der Waals surface area contributed by atoms with Gasteiger partial charge in [0, 0.05) is 13.2 Å². The summed E-state index contributed by atoms with van der Waals surface area (Å²) >= 11 is 0. The standard InChI is InChI=1S/C9H17NO3/c1-7(11)6-10-8(12)9(2)4-3-5-13-9/h7,11H,3-6H2,1-2H3,(H,10,12)/t7-,9?/m1/s1. The van der Waals surface area contributed by atoms with Crippen LogP contribution in [0.1, 0.15) is 26.7 Å². The van der Waals surface area contributed by atoms with E-state index in [-0.39, 0.29) is 12.5 Å². The molecule has 1 heterocycles. The van der Waals surface area contributed by atoms with Gasteiger partial charge in [0.2, 0.25) is 0 Å². The maximum atomic E-state index is 11.5. The number of aliphatic hydroxyl groups is 1. The maximum absolute atomic E-state index is 11.5. The Labute approximate surface area is 78.3 Å². The molecule has 0 saturated carbocycles. The van der Waals surface area contributed by atoms with Crippen molar-refractivity contribution in [3.8, 4) is 0 Å². The van der Waals surface area contributed by atoms with Gasteiger partial charge in [-0.05, 0) is 26.7 Å². The average molecular weight is 187 g/mol. The Morgan fingerprint density at radius 3 is 2.92 bits per heavy atom. The fourth-order valence-corrected chi connectivity index (χ4v) is 1.39. The van der Waals surface area contributed by atoms with Crippen LogP contribution in [-0.2, 0) is 9.53 Å². The van der Waals surface area contributed by atoms with Gasteiger partial charge < -0.3 is 15.2 Å². The number of hydrogen-bond donors (Lipinski definition) is 2. The molecule has 76 valence electrons. The molecule has 1 unspecified atom stereocenters. The Balaban J connectivity index is 2.38. The molecule has 1 aliphatic heterocycles. The van der Waals surface area contributed by atoms with Crippen LogP contribution in [0.25, 0.3) is 0 Å². The van der Waals surface area contributed by atoms with Crippen molar-refractivity contribution in [2.75, 3.05) is 13.2 Å². The van der Waals surface area contributed by atoms with Crippen molar-refractivity contribution in [3.63, 3.8) is 0 Å². The van der Waals surface area contributed by atoms with Crippen molar-refractivity contribution in [1.29, 1.82) is 0 Å². The Morgan fingerprint density at radius 1 is 1.77 bits per heavy atom. The Hall–Kier alpha value is -0.610.